The number of esters is 1. The number of nitrogens with zero attached hydrogens (tertiary/aromatic N) is 3. The number of aliphatic hydroxyl groups is 1. The zero-order valence-corrected chi connectivity index (χ0v) is 23.2. The minimum Gasteiger partial charge on any atom is -0.462 e. The second-order valence-electron chi connectivity index (χ2n) is 10.7. The molecule has 9 nitrogen and oxygen atoms in total. The maximum absolute atomic E-state index is 12.4. The van der Waals surface area contributed by atoms with Crippen molar-refractivity contribution < 1.29 is 19.4 Å². The molecule has 3 aromatic rings. The normalized spacial score (nSPS) is 17.1. The maximum atomic E-state index is 12.4. The quantitative estimate of drug-likeness (QED) is 0.413. The number of carbonyl (C=O) groups is 1. The average molecular weight is 525 g/mol. The Bertz CT molecular complexity index is 1310. The van der Waals surface area contributed by atoms with Crippen molar-refractivity contribution in [2.24, 2.45) is 13.0 Å². The Hall–Kier alpha value is -3.01. The van der Waals surface area contributed by atoms with Gasteiger partial charge >= 0.3 is 5.97 Å². The molecule has 1 aliphatic heterocycles. The van der Waals surface area contributed by atoms with Crippen LogP contribution in [0.15, 0.2) is 35.3 Å². The van der Waals surface area contributed by atoms with E-state index in [4.69, 9.17) is 14.5 Å². The van der Waals surface area contributed by atoms with E-state index in [1.807, 2.05) is 31.3 Å². The van der Waals surface area contributed by atoms with E-state index in [-0.39, 0.29) is 17.7 Å². The van der Waals surface area contributed by atoms with Gasteiger partial charge in [0.1, 0.15) is 11.9 Å². The number of aliphatic hydroxyl groups excluding tert-OH is 1. The molecule has 1 fully saturated rings. The van der Waals surface area contributed by atoms with E-state index in [1.54, 1.807) is 32.4 Å². The SMILES string of the molecule is Cc1cc(-c2nc3cc(CN[C@H](C(=O)OC(C)C)[C@@H](C)O)ccc3n2[C@H](C)C2CCOCC2)cn(C)c1=O. The molecular weight excluding hydrogens is 484 g/mol. The van der Waals surface area contributed by atoms with Gasteiger partial charge in [-0.25, -0.2) is 4.98 Å². The van der Waals surface area contributed by atoms with Gasteiger partial charge < -0.3 is 23.7 Å². The number of pyridine rings is 1. The molecule has 9 heteroatoms. The van der Waals surface area contributed by atoms with Crippen LogP contribution < -0.4 is 10.9 Å². The van der Waals surface area contributed by atoms with Crippen LogP contribution in [0.25, 0.3) is 22.4 Å². The van der Waals surface area contributed by atoms with Crippen molar-refractivity contribution in [1.29, 1.82) is 0 Å². The molecule has 2 aromatic heterocycles. The Morgan fingerprint density at radius 2 is 1.92 bits per heavy atom. The highest BCUT2D eigenvalue weighted by molar-refractivity contribution is 5.82. The predicted octanol–water partition coefficient (Wildman–Crippen LogP) is 3.49. The van der Waals surface area contributed by atoms with Gasteiger partial charge in [-0.05, 0) is 77.1 Å². The number of hydrogen-bond acceptors (Lipinski definition) is 7. The van der Waals surface area contributed by atoms with E-state index >= 15 is 0 Å². The van der Waals surface area contributed by atoms with Crippen LogP contribution in [0.2, 0.25) is 0 Å². The van der Waals surface area contributed by atoms with Crippen LogP contribution in [-0.4, -0.2) is 56.7 Å². The summed E-state index contributed by atoms with van der Waals surface area (Å²) in [6.07, 6.45) is 2.66. The molecular formula is C29H40N4O5. The Balaban J connectivity index is 1.71. The fourth-order valence-corrected chi connectivity index (χ4v) is 5.26. The van der Waals surface area contributed by atoms with Crippen LogP contribution in [0.4, 0.5) is 0 Å². The third-order valence-corrected chi connectivity index (χ3v) is 7.34. The summed E-state index contributed by atoms with van der Waals surface area (Å²) in [6.45, 7) is 11.1. The van der Waals surface area contributed by atoms with Crippen molar-refractivity contribution in [2.75, 3.05) is 13.2 Å². The zero-order chi connectivity index (χ0) is 27.6. The standard InChI is InChI=1S/C29H40N4O5/c1-17(2)38-29(36)26(20(5)34)30-15-21-7-8-25-24(14-21)31-27(23-13-18(3)28(35)32(6)16-23)33(25)19(4)22-9-11-37-12-10-22/h7-8,13-14,16-17,19-20,22,26,30,34H,9-12,15H2,1-6H3/t19-,20-,26+/m1/s1. The molecule has 3 atom stereocenters. The van der Waals surface area contributed by atoms with E-state index in [2.05, 4.69) is 22.9 Å². The number of aromatic nitrogens is 3. The Morgan fingerprint density at radius 3 is 2.55 bits per heavy atom. The predicted molar refractivity (Wildman–Crippen MR) is 147 cm³/mol. The average Bonchev–Trinajstić information content (AvgIpc) is 3.25. The molecule has 0 bridgehead atoms. The van der Waals surface area contributed by atoms with Gasteiger partial charge in [0, 0.05) is 50.2 Å². The fourth-order valence-electron chi connectivity index (χ4n) is 5.26. The van der Waals surface area contributed by atoms with Gasteiger partial charge in [-0.15, -0.1) is 0 Å². The Morgan fingerprint density at radius 1 is 1.21 bits per heavy atom. The van der Waals surface area contributed by atoms with Gasteiger partial charge in [0.15, 0.2) is 0 Å². The summed E-state index contributed by atoms with van der Waals surface area (Å²) in [5, 5.41) is 13.3. The Kier molecular flexibility index (Phi) is 8.70. The summed E-state index contributed by atoms with van der Waals surface area (Å²) in [4.78, 5) is 29.9. The van der Waals surface area contributed by atoms with Gasteiger partial charge in [0.25, 0.3) is 5.56 Å². The van der Waals surface area contributed by atoms with Crippen molar-refractivity contribution in [2.45, 2.75) is 78.3 Å². The van der Waals surface area contributed by atoms with Crippen LogP contribution in [-0.2, 0) is 27.9 Å². The number of rotatable bonds is 9. The molecule has 0 radical (unpaired) electrons. The molecule has 2 N–H and O–H groups in total. The molecule has 206 valence electrons. The lowest BCUT2D eigenvalue weighted by Gasteiger charge is -2.30. The van der Waals surface area contributed by atoms with E-state index in [9.17, 15) is 14.7 Å². The molecule has 0 aliphatic carbocycles. The molecule has 0 unspecified atom stereocenters. The second kappa shape index (κ2) is 11.8. The third kappa shape index (κ3) is 6.00. The molecule has 0 spiro atoms. The number of aryl methyl sites for hydroxylation is 2. The first-order valence-electron chi connectivity index (χ1n) is 13.4. The highest BCUT2D eigenvalue weighted by Crippen LogP contribution is 2.35. The Labute approximate surface area is 223 Å². The molecule has 1 aromatic carbocycles. The number of fused-ring (bicyclic) bond motifs is 1. The number of carbonyl (C=O) groups excluding carboxylic acids is 1. The number of imidazole rings is 1. The molecule has 1 aliphatic rings. The van der Waals surface area contributed by atoms with Crippen LogP contribution in [0.1, 0.15) is 57.7 Å². The molecule has 3 heterocycles. The lowest BCUT2D eigenvalue weighted by atomic mass is 9.92. The highest BCUT2D eigenvalue weighted by Gasteiger charge is 2.28. The molecule has 4 rings (SSSR count). The van der Waals surface area contributed by atoms with Crippen molar-refractivity contribution in [3.8, 4) is 11.4 Å². The second-order valence-corrected chi connectivity index (χ2v) is 10.7. The first-order chi connectivity index (χ1) is 18.1. The van der Waals surface area contributed by atoms with Gasteiger partial charge in [-0.2, -0.15) is 0 Å². The van der Waals surface area contributed by atoms with Gasteiger partial charge in [0.2, 0.25) is 0 Å². The van der Waals surface area contributed by atoms with Crippen molar-refractivity contribution >= 4 is 17.0 Å². The number of benzene rings is 1. The van der Waals surface area contributed by atoms with Crippen molar-refractivity contribution in [3.05, 3.63) is 51.9 Å². The number of ether oxygens (including phenoxy) is 2. The van der Waals surface area contributed by atoms with Crippen LogP contribution in [0.3, 0.4) is 0 Å². The fraction of sp³-hybridized carbons (Fsp3) is 0.552. The summed E-state index contributed by atoms with van der Waals surface area (Å²) >= 11 is 0. The van der Waals surface area contributed by atoms with E-state index in [0.29, 0.717) is 18.0 Å². The highest BCUT2D eigenvalue weighted by atomic mass is 16.5. The van der Waals surface area contributed by atoms with Crippen LogP contribution in [0.5, 0.6) is 0 Å². The first-order valence-corrected chi connectivity index (χ1v) is 13.4. The van der Waals surface area contributed by atoms with E-state index in [0.717, 1.165) is 54.0 Å². The summed E-state index contributed by atoms with van der Waals surface area (Å²) in [5.74, 6) is 0.803. The molecule has 38 heavy (non-hydrogen) atoms. The van der Waals surface area contributed by atoms with Gasteiger partial charge in [-0.3, -0.25) is 14.9 Å². The van der Waals surface area contributed by atoms with E-state index in [1.165, 1.54) is 0 Å². The zero-order valence-electron chi connectivity index (χ0n) is 23.2. The van der Waals surface area contributed by atoms with Crippen molar-refractivity contribution in [1.82, 2.24) is 19.4 Å². The summed E-state index contributed by atoms with van der Waals surface area (Å²) < 4.78 is 14.8. The number of hydrogen-bond donors (Lipinski definition) is 2. The minimum atomic E-state index is -0.899. The summed E-state index contributed by atoms with van der Waals surface area (Å²) in [6, 6.07) is 7.37. The van der Waals surface area contributed by atoms with Gasteiger partial charge in [-0.1, -0.05) is 6.07 Å². The molecule has 1 saturated heterocycles. The summed E-state index contributed by atoms with van der Waals surface area (Å²) in [5.41, 5.74) is 4.33. The lowest BCUT2D eigenvalue weighted by Crippen LogP contribution is -2.46. The van der Waals surface area contributed by atoms with E-state index < -0.39 is 18.1 Å². The monoisotopic (exact) mass is 524 g/mol. The van der Waals surface area contributed by atoms with Crippen molar-refractivity contribution in [3.63, 3.8) is 0 Å². The molecule has 0 saturated carbocycles. The summed E-state index contributed by atoms with van der Waals surface area (Å²) in [7, 11) is 1.76. The minimum absolute atomic E-state index is 0.0223. The topological polar surface area (TPSA) is 108 Å². The number of nitrogens with one attached hydrogen (secondary N) is 1. The largest absolute Gasteiger partial charge is 0.462 e. The van der Waals surface area contributed by atoms with Crippen LogP contribution >= 0.6 is 0 Å². The third-order valence-electron chi connectivity index (χ3n) is 7.34. The molecule has 0 amide bonds. The first kappa shape index (κ1) is 28.0. The van der Waals surface area contributed by atoms with Crippen LogP contribution in [0, 0.1) is 12.8 Å². The van der Waals surface area contributed by atoms with Gasteiger partial charge in [0.05, 0.1) is 23.2 Å². The lowest BCUT2D eigenvalue weighted by molar-refractivity contribution is -0.152. The maximum Gasteiger partial charge on any atom is 0.326 e. The smallest absolute Gasteiger partial charge is 0.326 e.